The van der Waals surface area contributed by atoms with Crippen LogP contribution in [-0.4, -0.2) is 9.85 Å². The molecule has 0 fully saturated rings. The van der Waals surface area contributed by atoms with Crippen LogP contribution in [0.5, 0.6) is 0 Å². The van der Waals surface area contributed by atoms with Gasteiger partial charge in [-0.2, -0.15) is 0 Å². The van der Waals surface area contributed by atoms with E-state index in [0.29, 0.717) is 5.56 Å². The third-order valence-corrected chi connectivity index (χ3v) is 4.46. The van der Waals surface area contributed by atoms with Crippen LogP contribution >= 0.6 is 11.8 Å². The smallest absolute Gasteiger partial charge is 0.129 e. The zero-order chi connectivity index (χ0) is 11.2. The maximum Gasteiger partial charge on any atom is 0.129 e. The highest BCUT2D eigenvalue weighted by Gasteiger charge is 2.37. The lowest BCUT2D eigenvalue weighted by atomic mass is 9.91. The van der Waals surface area contributed by atoms with Crippen LogP contribution in [0.15, 0.2) is 12.1 Å². The van der Waals surface area contributed by atoms with Gasteiger partial charge in [0.05, 0.1) is 6.10 Å². The molecule has 1 atom stereocenters. The van der Waals surface area contributed by atoms with Crippen molar-refractivity contribution < 1.29 is 9.50 Å². The molecule has 1 aliphatic rings. The van der Waals surface area contributed by atoms with Gasteiger partial charge in [0.2, 0.25) is 0 Å². The minimum Gasteiger partial charge on any atom is -0.387 e. The highest BCUT2D eigenvalue weighted by molar-refractivity contribution is 7.99. The molecule has 0 amide bonds. The third kappa shape index (κ3) is 1.68. The molecular weight excluding hydrogens is 211 g/mol. The lowest BCUT2D eigenvalue weighted by Crippen LogP contribution is -2.31. The Labute approximate surface area is 93.7 Å². The van der Waals surface area contributed by atoms with Crippen LogP contribution in [0.25, 0.3) is 0 Å². The molecule has 3 heteroatoms. The number of aryl methyl sites for hydroxylation is 1. The summed E-state index contributed by atoms with van der Waals surface area (Å²) < 4.78 is 13.4. The van der Waals surface area contributed by atoms with E-state index in [9.17, 15) is 9.50 Å². The van der Waals surface area contributed by atoms with Gasteiger partial charge < -0.3 is 5.11 Å². The molecule has 1 aromatic rings. The molecule has 1 unspecified atom stereocenters. The van der Waals surface area contributed by atoms with Crippen LogP contribution in [0, 0.1) is 12.7 Å². The number of hydrogen-bond acceptors (Lipinski definition) is 2. The Morgan fingerprint density at radius 2 is 2.13 bits per heavy atom. The van der Waals surface area contributed by atoms with Gasteiger partial charge >= 0.3 is 0 Å². The Bertz CT molecular complexity index is 401. The number of aliphatic hydroxyl groups is 1. The average molecular weight is 226 g/mol. The first-order chi connectivity index (χ1) is 6.93. The second kappa shape index (κ2) is 3.49. The molecule has 82 valence electrons. The van der Waals surface area contributed by atoms with Gasteiger partial charge in [-0.15, -0.1) is 11.8 Å². The van der Waals surface area contributed by atoms with E-state index < -0.39 is 6.10 Å². The van der Waals surface area contributed by atoms with E-state index in [4.69, 9.17) is 0 Å². The van der Waals surface area contributed by atoms with Gasteiger partial charge in [0.15, 0.2) is 0 Å². The van der Waals surface area contributed by atoms with Crippen LogP contribution < -0.4 is 0 Å². The molecule has 0 aliphatic carbocycles. The fourth-order valence-electron chi connectivity index (χ4n) is 1.92. The van der Waals surface area contributed by atoms with Crippen molar-refractivity contribution in [3.05, 3.63) is 34.6 Å². The number of benzene rings is 1. The molecular formula is C12H15FOS. The molecule has 1 N–H and O–H groups in total. The number of aliphatic hydroxyl groups excluding tert-OH is 1. The van der Waals surface area contributed by atoms with E-state index in [2.05, 4.69) is 0 Å². The number of rotatable bonds is 0. The maximum absolute atomic E-state index is 13.7. The largest absolute Gasteiger partial charge is 0.387 e. The van der Waals surface area contributed by atoms with Gasteiger partial charge in [0, 0.05) is 16.1 Å². The van der Waals surface area contributed by atoms with E-state index in [1.54, 1.807) is 17.8 Å². The van der Waals surface area contributed by atoms with Crippen molar-refractivity contribution in [2.45, 2.75) is 37.4 Å². The van der Waals surface area contributed by atoms with E-state index in [-0.39, 0.29) is 10.6 Å². The molecule has 1 aromatic carbocycles. The third-order valence-electron chi connectivity index (χ3n) is 3.06. The Morgan fingerprint density at radius 1 is 1.47 bits per heavy atom. The Kier molecular flexibility index (Phi) is 2.55. The van der Waals surface area contributed by atoms with Crippen LogP contribution in [0.2, 0.25) is 0 Å². The highest BCUT2D eigenvalue weighted by atomic mass is 32.2. The topological polar surface area (TPSA) is 20.2 Å². The summed E-state index contributed by atoms with van der Waals surface area (Å²) in [6.45, 7) is 5.87. The van der Waals surface area contributed by atoms with Crippen LogP contribution in [-0.2, 0) is 5.75 Å². The fraction of sp³-hybridized carbons (Fsp3) is 0.500. The molecule has 0 bridgehead atoms. The SMILES string of the molecule is Cc1ccc(F)c2c1CSC(C)(C)C2O. The van der Waals surface area contributed by atoms with Gasteiger partial charge in [0.1, 0.15) is 5.82 Å². The van der Waals surface area contributed by atoms with Gasteiger partial charge in [-0.3, -0.25) is 0 Å². The summed E-state index contributed by atoms with van der Waals surface area (Å²) in [5.41, 5.74) is 2.53. The summed E-state index contributed by atoms with van der Waals surface area (Å²) in [5, 5.41) is 10.1. The summed E-state index contributed by atoms with van der Waals surface area (Å²) in [6, 6.07) is 3.23. The van der Waals surface area contributed by atoms with Crippen molar-refractivity contribution >= 4 is 11.8 Å². The first kappa shape index (κ1) is 11.0. The molecule has 0 spiro atoms. The summed E-state index contributed by atoms with van der Waals surface area (Å²) in [4.78, 5) is 0. The van der Waals surface area contributed by atoms with Crippen LogP contribution in [0.4, 0.5) is 4.39 Å². The van der Waals surface area contributed by atoms with E-state index in [1.807, 2.05) is 20.8 Å². The number of fused-ring (bicyclic) bond motifs is 1. The number of hydrogen-bond donors (Lipinski definition) is 1. The van der Waals surface area contributed by atoms with Crippen molar-refractivity contribution in [3.63, 3.8) is 0 Å². The molecule has 15 heavy (non-hydrogen) atoms. The summed E-state index contributed by atoms with van der Waals surface area (Å²) in [7, 11) is 0. The molecule has 0 aromatic heterocycles. The van der Waals surface area contributed by atoms with Crippen LogP contribution in [0.1, 0.15) is 36.6 Å². The standard InChI is InChI=1S/C12H15FOS/c1-7-4-5-9(13)10-8(7)6-15-12(2,3)11(10)14/h4-5,11,14H,6H2,1-3H3. The molecule has 0 saturated heterocycles. The van der Waals surface area contributed by atoms with Gasteiger partial charge in [-0.25, -0.2) is 4.39 Å². The molecule has 1 nitrogen and oxygen atoms in total. The minimum absolute atomic E-state index is 0.281. The lowest BCUT2D eigenvalue weighted by Gasteiger charge is -2.36. The molecule has 1 heterocycles. The van der Waals surface area contributed by atoms with Crippen molar-refractivity contribution in [2.75, 3.05) is 0 Å². The summed E-state index contributed by atoms with van der Waals surface area (Å²) >= 11 is 1.68. The second-order valence-corrected chi connectivity index (χ2v) is 6.18. The fourth-order valence-corrected chi connectivity index (χ4v) is 3.09. The van der Waals surface area contributed by atoms with Gasteiger partial charge in [-0.1, -0.05) is 6.07 Å². The maximum atomic E-state index is 13.7. The summed E-state index contributed by atoms with van der Waals surface area (Å²) in [5.74, 6) is 0.500. The van der Waals surface area contributed by atoms with Crippen molar-refractivity contribution in [1.29, 1.82) is 0 Å². The number of halogens is 1. The van der Waals surface area contributed by atoms with E-state index in [0.717, 1.165) is 16.9 Å². The first-order valence-corrected chi connectivity index (χ1v) is 6.02. The number of thioether (sulfide) groups is 1. The van der Waals surface area contributed by atoms with Crippen molar-refractivity contribution in [2.24, 2.45) is 0 Å². The highest BCUT2D eigenvalue weighted by Crippen LogP contribution is 2.47. The van der Waals surface area contributed by atoms with Crippen molar-refractivity contribution in [3.8, 4) is 0 Å². The van der Waals surface area contributed by atoms with E-state index >= 15 is 0 Å². The monoisotopic (exact) mass is 226 g/mol. The average Bonchev–Trinajstić information content (AvgIpc) is 2.16. The normalized spacial score (nSPS) is 23.7. The Morgan fingerprint density at radius 3 is 2.80 bits per heavy atom. The zero-order valence-corrected chi connectivity index (χ0v) is 9.99. The van der Waals surface area contributed by atoms with Gasteiger partial charge in [-0.05, 0) is 38.0 Å². The van der Waals surface area contributed by atoms with Crippen molar-refractivity contribution in [1.82, 2.24) is 0 Å². The van der Waals surface area contributed by atoms with Gasteiger partial charge in [0.25, 0.3) is 0 Å². The molecule has 0 radical (unpaired) electrons. The van der Waals surface area contributed by atoms with Crippen LogP contribution in [0.3, 0.4) is 0 Å². The second-order valence-electron chi connectivity index (χ2n) is 4.55. The predicted molar refractivity (Wildman–Crippen MR) is 61.5 cm³/mol. The predicted octanol–water partition coefficient (Wildman–Crippen LogP) is 3.19. The first-order valence-electron chi connectivity index (χ1n) is 5.03. The summed E-state index contributed by atoms with van der Waals surface area (Å²) in [6.07, 6.45) is -0.717. The quantitative estimate of drug-likeness (QED) is 0.733. The molecule has 1 aliphatic heterocycles. The minimum atomic E-state index is -0.717. The molecule has 2 rings (SSSR count). The lowest BCUT2D eigenvalue weighted by molar-refractivity contribution is 0.137. The Balaban J connectivity index is 2.60. The van der Waals surface area contributed by atoms with E-state index in [1.165, 1.54) is 6.07 Å². The Hall–Kier alpha value is -0.540. The molecule has 0 saturated carbocycles. The zero-order valence-electron chi connectivity index (χ0n) is 9.17.